The van der Waals surface area contributed by atoms with Gasteiger partial charge in [0.1, 0.15) is 5.75 Å². The lowest BCUT2D eigenvalue weighted by Crippen LogP contribution is -2.32. The molecule has 0 aliphatic heterocycles. The zero-order valence-corrected chi connectivity index (χ0v) is 19.8. The standard InChI is InChI=1S/C24H24N4O2S2/c1-17(23(29)27(2)16-18-10-5-4-6-11-18)32-24-26-25-22(21-14-9-15-31-21)28(24)19-12-7-8-13-20(19)30-3/h4-15,17H,16H2,1-3H3. The van der Waals surface area contributed by atoms with Crippen LogP contribution in [-0.2, 0) is 11.3 Å². The van der Waals surface area contributed by atoms with Crippen molar-refractivity contribution in [3.63, 3.8) is 0 Å². The number of carbonyl (C=O) groups is 1. The van der Waals surface area contributed by atoms with E-state index in [4.69, 9.17) is 4.74 Å². The predicted molar refractivity (Wildman–Crippen MR) is 129 cm³/mol. The number of nitrogens with zero attached hydrogens (tertiary/aromatic N) is 4. The largest absolute Gasteiger partial charge is 0.495 e. The third kappa shape index (κ3) is 4.71. The number of hydrogen-bond acceptors (Lipinski definition) is 6. The topological polar surface area (TPSA) is 60.2 Å². The molecule has 0 bridgehead atoms. The minimum Gasteiger partial charge on any atom is -0.495 e. The molecule has 0 aliphatic rings. The lowest BCUT2D eigenvalue weighted by Gasteiger charge is -2.21. The van der Waals surface area contributed by atoms with Crippen LogP contribution >= 0.6 is 23.1 Å². The fraction of sp³-hybridized carbons (Fsp3) is 0.208. The van der Waals surface area contributed by atoms with E-state index in [-0.39, 0.29) is 11.2 Å². The van der Waals surface area contributed by atoms with Crippen molar-refractivity contribution in [1.82, 2.24) is 19.7 Å². The minimum absolute atomic E-state index is 0.0334. The first-order valence-corrected chi connectivity index (χ1v) is 11.9. The van der Waals surface area contributed by atoms with E-state index in [0.717, 1.165) is 22.0 Å². The smallest absolute Gasteiger partial charge is 0.235 e. The molecule has 2 heterocycles. The first-order chi connectivity index (χ1) is 15.6. The fourth-order valence-corrected chi connectivity index (χ4v) is 5.07. The van der Waals surface area contributed by atoms with Crippen molar-refractivity contribution in [2.45, 2.75) is 23.9 Å². The molecule has 4 aromatic rings. The average Bonchev–Trinajstić information content (AvgIpc) is 3.49. The summed E-state index contributed by atoms with van der Waals surface area (Å²) in [6.07, 6.45) is 0. The van der Waals surface area contributed by atoms with Gasteiger partial charge in [-0.2, -0.15) is 0 Å². The van der Waals surface area contributed by atoms with Crippen LogP contribution in [0.3, 0.4) is 0 Å². The Morgan fingerprint density at radius 3 is 2.56 bits per heavy atom. The van der Waals surface area contributed by atoms with Crippen LogP contribution in [0.5, 0.6) is 5.75 Å². The zero-order valence-electron chi connectivity index (χ0n) is 18.1. The molecule has 2 aromatic carbocycles. The number of para-hydroxylation sites is 2. The molecule has 0 saturated heterocycles. The minimum atomic E-state index is -0.336. The van der Waals surface area contributed by atoms with Gasteiger partial charge in [0.05, 0.1) is 22.9 Å². The van der Waals surface area contributed by atoms with Gasteiger partial charge in [0, 0.05) is 13.6 Å². The Bertz CT molecular complexity index is 1180. The quantitative estimate of drug-likeness (QED) is 0.338. The Morgan fingerprint density at radius 1 is 1.09 bits per heavy atom. The second-order valence-electron chi connectivity index (χ2n) is 7.23. The second-order valence-corrected chi connectivity index (χ2v) is 9.49. The summed E-state index contributed by atoms with van der Waals surface area (Å²) in [5.41, 5.74) is 1.93. The van der Waals surface area contributed by atoms with E-state index in [0.29, 0.717) is 17.5 Å². The van der Waals surface area contributed by atoms with E-state index in [1.165, 1.54) is 11.8 Å². The molecule has 164 valence electrons. The lowest BCUT2D eigenvalue weighted by molar-refractivity contribution is -0.129. The predicted octanol–water partition coefficient (Wildman–Crippen LogP) is 5.14. The van der Waals surface area contributed by atoms with Crippen LogP contribution < -0.4 is 4.74 Å². The van der Waals surface area contributed by atoms with Crippen LogP contribution in [-0.4, -0.2) is 45.0 Å². The number of hydrogen-bond donors (Lipinski definition) is 0. The Morgan fingerprint density at radius 2 is 1.84 bits per heavy atom. The number of methoxy groups -OCH3 is 1. The van der Waals surface area contributed by atoms with Gasteiger partial charge in [-0.1, -0.05) is 60.3 Å². The Kier molecular flexibility index (Phi) is 6.92. The molecule has 0 saturated carbocycles. The molecule has 0 spiro atoms. The first kappa shape index (κ1) is 22.1. The third-order valence-corrected chi connectivity index (χ3v) is 6.87. The molecule has 0 fully saturated rings. The van der Waals surface area contributed by atoms with Gasteiger partial charge in [0.25, 0.3) is 0 Å². The first-order valence-electron chi connectivity index (χ1n) is 10.2. The van der Waals surface area contributed by atoms with Crippen molar-refractivity contribution in [2.24, 2.45) is 0 Å². The summed E-state index contributed by atoms with van der Waals surface area (Å²) in [6.45, 7) is 2.46. The fourth-order valence-electron chi connectivity index (χ4n) is 3.40. The summed E-state index contributed by atoms with van der Waals surface area (Å²) in [6, 6.07) is 21.7. The van der Waals surface area contributed by atoms with Gasteiger partial charge in [0.15, 0.2) is 11.0 Å². The lowest BCUT2D eigenvalue weighted by atomic mass is 10.2. The van der Waals surface area contributed by atoms with Crippen molar-refractivity contribution in [1.29, 1.82) is 0 Å². The molecule has 1 atom stereocenters. The second kappa shape index (κ2) is 10.0. The highest BCUT2D eigenvalue weighted by Crippen LogP contribution is 2.35. The monoisotopic (exact) mass is 464 g/mol. The van der Waals surface area contributed by atoms with Crippen LogP contribution in [0.2, 0.25) is 0 Å². The van der Waals surface area contributed by atoms with Gasteiger partial charge in [-0.05, 0) is 36.1 Å². The zero-order chi connectivity index (χ0) is 22.5. The summed E-state index contributed by atoms with van der Waals surface area (Å²) in [4.78, 5) is 15.8. The molecule has 32 heavy (non-hydrogen) atoms. The SMILES string of the molecule is COc1ccccc1-n1c(SC(C)C(=O)N(C)Cc2ccccc2)nnc1-c1cccs1. The number of rotatable bonds is 8. The van der Waals surface area contributed by atoms with Crippen LogP contribution in [0.1, 0.15) is 12.5 Å². The van der Waals surface area contributed by atoms with Crippen LogP contribution in [0.15, 0.2) is 77.3 Å². The molecule has 0 aliphatic carbocycles. The van der Waals surface area contributed by atoms with Gasteiger partial charge >= 0.3 is 0 Å². The van der Waals surface area contributed by atoms with Crippen molar-refractivity contribution in [3.05, 3.63) is 77.7 Å². The average molecular weight is 465 g/mol. The van der Waals surface area contributed by atoms with E-state index in [1.807, 2.05) is 90.6 Å². The number of carbonyl (C=O) groups excluding carboxylic acids is 1. The summed E-state index contributed by atoms with van der Waals surface area (Å²) in [7, 11) is 3.47. The van der Waals surface area contributed by atoms with Crippen LogP contribution in [0, 0.1) is 0 Å². The van der Waals surface area contributed by atoms with Crippen molar-refractivity contribution < 1.29 is 9.53 Å². The number of aromatic nitrogens is 3. The van der Waals surface area contributed by atoms with E-state index < -0.39 is 0 Å². The number of amides is 1. The highest BCUT2D eigenvalue weighted by Gasteiger charge is 2.25. The van der Waals surface area contributed by atoms with Gasteiger partial charge in [0.2, 0.25) is 5.91 Å². The summed E-state index contributed by atoms with van der Waals surface area (Å²) < 4.78 is 7.56. The van der Waals surface area contributed by atoms with E-state index >= 15 is 0 Å². The van der Waals surface area contributed by atoms with Crippen LogP contribution in [0.4, 0.5) is 0 Å². The van der Waals surface area contributed by atoms with Gasteiger partial charge in [-0.25, -0.2) is 0 Å². The maximum Gasteiger partial charge on any atom is 0.235 e. The Labute approximate surface area is 195 Å². The number of thioether (sulfide) groups is 1. The van der Waals surface area contributed by atoms with E-state index in [1.54, 1.807) is 23.3 Å². The highest BCUT2D eigenvalue weighted by molar-refractivity contribution is 8.00. The molecule has 2 aromatic heterocycles. The van der Waals surface area contributed by atoms with Crippen LogP contribution in [0.25, 0.3) is 16.4 Å². The molecule has 0 N–H and O–H groups in total. The summed E-state index contributed by atoms with van der Waals surface area (Å²) in [5, 5.41) is 11.2. The molecular formula is C24H24N4O2S2. The molecule has 1 unspecified atom stereocenters. The van der Waals surface area contributed by atoms with Gasteiger partial charge < -0.3 is 9.64 Å². The van der Waals surface area contributed by atoms with Gasteiger partial charge in [-0.3, -0.25) is 9.36 Å². The molecule has 4 rings (SSSR count). The third-order valence-electron chi connectivity index (χ3n) is 4.97. The number of thiophene rings is 1. The molecular weight excluding hydrogens is 440 g/mol. The number of ether oxygens (including phenoxy) is 1. The summed E-state index contributed by atoms with van der Waals surface area (Å²) >= 11 is 2.99. The van der Waals surface area contributed by atoms with E-state index in [2.05, 4.69) is 10.2 Å². The molecule has 6 nitrogen and oxygen atoms in total. The Balaban J connectivity index is 1.63. The maximum atomic E-state index is 13.1. The van der Waals surface area contributed by atoms with Crippen molar-refractivity contribution >= 4 is 29.0 Å². The highest BCUT2D eigenvalue weighted by atomic mass is 32.2. The Hall–Kier alpha value is -3.10. The van der Waals surface area contributed by atoms with E-state index in [9.17, 15) is 4.79 Å². The maximum absolute atomic E-state index is 13.1. The number of benzene rings is 2. The normalized spacial score (nSPS) is 11.8. The molecule has 0 radical (unpaired) electrons. The molecule has 8 heteroatoms. The van der Waals surface area contributed by atoms with Gasteiger partial charge in [-0.15, -0.1) is 21.5 Å². The molecule has 1 amide bonds. The van der Waals surface area contributed by atoms with Crippen molar-refractivity contribution in [2.75, 3.05) is 14.2 Å². The summed E-state index contributed by atoms with van der Waals surface area (Å²) in [5.74, 6) is 1.47. The van der Waals surface area contributed by atoms with Crippen molar-refractivity contribution in [3.8, 4) is 22.1 Å².